The number of piperazine rings is 1. The third-order valence-corrected chi connectivity index (χ3v) is 6.93. The Kier molecular flexibility index (Phi) is 7.29. The van der Waals surface area contributed by atoms with Crippen molar-refractivity contribution in [3.05, 3.63) is 89.8 Å². The minimum Gasteiger partial charge on any atom is -0.497 e. The first-order valence-electron chi connectivity index (χ1n) is 13.1. The number of benzene rings is 2. The van der Waals surface area contributed by atoms with Gasteiger partial charge >= 0.3 is 0 Å². The lowest BCUT2D eigenvalue weighted by Crippen LogP contribution is -2.49. The van der Waals surface area contributed by atoms with Gasteiger partial charge in [0.05, 0.1) is 18.5 Å². The highest BCUT2D eigenvalue weighted by Crippen LogP contribution is 2.27. The average molecular weight is 510 g/mol. The maximum absolute atomic E-state index is 13.8. The lowest BCUT2D eigenvalue weighted by atomic mass is 9.93. The van der Waals surface area contributed by atoms with E-state index in [4.69, 9.17) is 14.8 Å². The van der Waals surface area contributed by atoms with Crippen LogP contribution < -0.4 is 4.74 Å². The Hall–Kier alpha value is -3.97. The molecule has 0 radical (unpaired) electrons. The highest BCUT2D eigenvalue weighted by atomic mass is 16.5. The molecule has 196 valence electrons. The summed E-state index contributed by atoms with van der Waals surface area (Å²) in [4.78, 5) is 23.0. The number of rotatable bonds is 6. The smallest absolute Gasteiger partial charge is 0.272 e. The second-order valence-electron chi connectivity index (χ2n) is 10.7. The second-order valence-corrected chi connectivity index (χ2v) is 10.7. The summed E-state index contributed by atoms with van der Waals surface area (Å²) in [5.74, 6) is 0.761. The van der Waals surface area contributed by atoms with Crippen LogP contribution in [0, 0.1) is 0 Å². The molecule has 2 aromatic carbocycles. The van der Waals surface area contributed by atoms with Crippen LogP contribution in [0.4, 0.5) is 0 Å². The molecule has 2 aromatic heterocycles. The molecular weight excluding hydrogens is 474 g/mol. The molecule has 0 saturated carbocycles. The molecular formula is C31H35N5O2. The second kappa shape index (κ2) is 10.8. The number of methoxy groups -OCH3 is 1. The van der Waals surface area contributed by atoms with Crippen LogP contribution in [-0.4, -0.2) is 70.1 Å². The monoisotopic (exact) mass is 509 g/mol. The zero-order valence-electron chi connectivity index (χ0n) is 22.6. The molecule has 1 aliphatic rings. The van der Waals surface area contributed by atoms with Gasteiger partial charge in [0.25, 0.3) is 5.91 Å². The van der Waals surface area contributed by atoms with Crippen LogP contribution in [0.15, 0.2) is 72.8 Å². The lowest BCUT2D eigenvalue weighted by molar-refractivity contribution is 0.0641. The summed E-state index contributed by atoms with van der Waals surface area (Å²) in [5, 5.41) is 4.81. The number of ether oxygens (including phenoxy) is 1. The average Bonchev–Trinajstić information content (AvgIpc) is 3.38. The predicted molar refractivity (Wildman–Crippen MR) is 151 cm³/mol. The number of carbonyl (C=O) groups excluding carboxylic acids is 1. The third kappa shape index (κ3) is 5.63. The SMILES string of the molecule is COc1ccc(-c2cc(C(=O)N3CCN(CC=Cc4ccccc4)CC3)n3nc(C(C)(C)C)cc3n2)cc1. The number of nitrogens with zero attached hydrogens (tertiary/aromatic N) is 5. The molecule has 38 heavy (non-hydrogen) atoms. The Labute approximate surface area is 224 Å². The van der Waals surface area contributed by atoms with Crippen LogP contribution in [0.3, 0.4) is 0 Å². The molecule has 0 atom stereocenters. The molecule has 0 N–H and O–H groups in total. The highest BCUT2D eigenvalue weighted by molar-refractivity contribution is 5.94. The fourth-order valence-electron chi connectivity index (χ4n) is 4.60. The van der Waals surface area contributed by atoms with E-state index in [1.54, 1.807) is 11.6 Å². The molecule has 0 spiro atoms. The van der Waals surface area contributed by atoms with Crippen molar-refractivity contribution < 1.29 is 9.53 Å². The predicted octanol–water partition coefficient (Wildman–Crippen LogP) is 5.17. The van der Waals surface area contributed by atoms with Gasteiger partial charge in [0, 0.05) is 49.8 Å². The highest BCUT2D eigenvalue weighted by Gasteiger charge is 2.26. The topological polar surface area (TPSA) is 63.0 Å². The van der Waals surface area contributed by atoms with Crippen LogP contribution in [-0.2, 0) is 5.41 Å². The number of fused-ring (bicyclic) bond motifs is 1. The van der Waals surface area contributed by atoms with Gasteiger partial charge < -0.3 is 9.64 Å². The van der Waals surface area contributed by atoms with Gasteiger partial charge in [-0.3, -0.25) is 9.69 Å². The van der Waals surface area contributed by atoms with Crippen molar-refractivity contribution in [2.45, 2.75) is 26.2 Å². The van der Waals surface area contributed by atoms with Gasteiger partial charge in [0.2, 0.25) is 0 Å². The molecule has 1 amide bonds. The quantitative estimate of drug-likeness (QED) is 0.359. The standard InChI is InChI=1S/C31H35N5O2/c1-31(2,3)28-22-29-32-26(24-12-14-25(38-4)15-13-24)21-27(36(29)33-28)30(37)35-19-17-34(18-20-35)16-8-11-23-9-6-5-7-10-23/h5-15,21-22H,16-20H2,1-4H3. The number of hydrogen-bond acceptors (Lipinski definition) is 5. The van der Waals surface area contributed by atoms with Crippen molar-refractivity contribution in [1.29, 1.82) is 0 Å². The maximum atomic E-state index is 13.8. The van der Waals surface area contributed by atoms with E-state index >= 15 is 0 Å². The van der Waals surface area contributed by atoms with E-state index in [0.717, 1.165) is 42.3 Å². The van der Waals surface area contributed by atoms with E-state index in [-0.39, 0.29) is 11.3 Å². The minimum atomic E-state index is -0.160. The summed E-state index contributed by atoms with van der Waals surface area (Å²) in [6.07, 6.45) is 4.34. The van der Waals surface area contributed by atoms with Crippen molar-refractivity contribution in [1.82, 2.24) is 24.4 Å². The van der Waals surface area contributed by atoms with E-state index < -0.39 is 0 Å². The molecule has 7 nitrogen and oxygen atoms in total. The maximum Gasteiger partial charge on any atom is 0.272 e. The van der Waals surface area contributed by atoms with Gasteiger partial charge in [-0.15, -0.1) is 0 Å². The van der Waals surface area contributed by atoms with Gasteiger partial charge in [0.1, 0.15) is 11.4 Å². The molecule has 1 fully saturated rings. The summed E-state index contributed by atoms with van der Waals surface area (Å²) in [6.45, 7) is 10.2. The van der Waals surface area contributed by atoms with Crippen molar-refractivity contribution in [2.24, 2.45) is 0 Å². The number of amides is 1. The molecule has 0 bridgehead atoms. The zero-order valence-corrected chi connectivity index (χ0v) is 22.6. The van der Waals surface area contributed by atoms with Gasteiger partial charge in [0.15, 0.2) is 5.65 Å². The normalized spacial score (nSPS) is 14.9. The Morgan fingerprint density at radius 2 is 1.68 bits per heavy atom. The van der Waals surface area contributed by atoms with Crippen molar-refractivity contribution >= 4 is 17.6 Å². The fraction of sp³-hybridized carbons (Fsp3) is 0.323. The molecule has 5 rings (SSSR count). The molecule has 1 saturated heterocycles. The van der Waals surface area contributed by atoms with E-state index in [2.05, 4.69) is 50.0 Å². The zero-order chi connectivity index (χ0) is 26.7. The molecule has 7 heteroatoms. The summed E-state index contributed by atoms with van der Waals surface area (Å²) >= 11 is 0. The van der Waals surface area contributed by atoms with E-state index in [1.165, 1.54) is 5.56 Å². The Morgan fingerprint density at radius 1 is 0.974 bits per heavy atom. The van der Waals surface area contributed by atoms with Gasteiger partial charge in [-0.2, -0.15) is 5.10 Å². The molecule has 3 heterocycles. The van der Waals surface area contributed by atoms with Crippen LogP contribution in [0.2, 0.25) is 0 Å². The van der Waals surface area contributed by atoms with E-state index in [1.807, 2.05) is 59.5 Å². The third-order valence-electron chi connectivity index (χ3n) is 6.93. The fourth-order valence-corrected chi connectivity index (χ4v) is 4.60. The first kappa shape index (κ1) is 25.7. The van der Waals surface area contributed by atoms with Crippen LogP contribution in [0.1, 0.15) is 42.5 Å². The van der Waals surface area contributed by atoms with Gasteiger partial charge in [-0.1, -0.05) is 63.3 Å². The lowest BCUT2D eigenvalue weighted by Gasteiger charge is -2.34. The Bertz CT molecular complexity index is 1430. The van der Waals surface area contributed by atoms with Gasteiger partial charge in [-0.25, -0.2) is 9.50 Å². The summed E-state index contributed by atoms with van der Waals surface area (Å²) in [7, 11) is 1.65. The largest absolute Gasteiger partial charge is 0.497 e. The first-order chi connectivity index (χ1) is 18.3. The van der Waals surface area contributed by atoms with Crippen LogP contribution in [0.25, 0.3) is 23.0 Å². The first-order valence-corrected chi connectivity index (χ1v) is 13.1. The van der Waals surface area contributed by atoms with Gasteiger partial charge in [-0.05, 0) is 35.9 Å². The van der Waals surface area contributed by atoms with Crippen molar-refractivity contribution in [3.8, 4) is 17.0 Å². The van der Waals surface area contributed by atoms with Crippen molar-refractivity contribution in [3.63, 3.8) is 0 Å². The molecule has 4 aromatic rings. The van der Waals surface area contributed by atoms with Crippen LogP contribution >= 0.6 is 0 Å². The van der Waals surface area contributed by atoms with E-state index in [0.29, 0.717) is 24.4 Å². The summed E-state index contributed by atoms with van der Waals surface area (Å²) in [6, 6.07) is 21.9. The summed E-state index contributed by atoms with van der Waals surface area (Å²) < 4.78 is 7.02. The Morgan fingerprint density at radius 3 is 2.34 bits per heavy atom. The van der Waals surface area contributed by atoms with Crippen LogP contribution in [0.5, 0.6) is 5.75 Å². The minimum absolute atomic E-state index is 0.0183. The number of aromatic nitrogens is 3. The number of hydrogen-bond donors (Lipinski definition) is 0. The number of carbonyl (C=O) groups is 1. The van der Waals surface area contributed by atoms with Crippen molar-refractivity contribution in [2.75, 3.05) is 39.8 Å². The Balaban J connectivity index is 1.37. The summed E-state index contributed by atoms with van der Waals surface area (Å²) in [5.41, 5.74) is 4.83. The molecule has 1 aliphatic heterocycles. The molecule has 0 unspecified atom stereocenters. The van der Waals surface area contributed by atoms with E-state index in [9.17, 15) is 4.79 Å². The molecule has 0 aliphatic carbocycles.